The molecular weight excluding hydrogens is 462 g/mol. The van der Waals surface area contributed by atoms with Crippen LogP contribution in [0, 0.1) is 0 Å². The fourth-order valence-corrected chi connectivity index (χ4v) is 4.30. The molecule has 0 unspecified atom stereocenters. The van der Waals surface area contributed by atoms with Gasteiger partial charge >= 0.3 is 0 Å². The second-order valence-corrected chi connectivity index (χ2v) is 9.19. The second-order valence-electron chi connectivity index (χ2n) is 8.24. The van der Waals surface area contributed by atoms with E-state index in [-0.39, 0.29) is 17.6 Å². The molecule has 9 heteroatoms. The summed E-state index contributed by atoms with van der Waals surface area (Å²) in [5.74, 6) is 1.38. The van der Waals surface area contributed by atoms with Crippen molar-refractivity contribution in [2.45, 2.75) is 44.4 Å². The van der Waals surface area contributed by atoms with Gasteiger partial charge in [-0.2, -0.15) is 0 Å². The van der Waals surface area contributed by atoms with Gasteiger partial charge in [0.2, 0.25) is 5.91 Å². The van der Waals surface area contributed by atoms with E-state index in [0.717, 1.165) is 11.3 Å². The second kappa shape index (κ2) is 12.2. The van der Waals surface area contributed by atoms with E-state index in [0.29, 0.717) is 34.8 Å². The number of hydrogen-bond donors (Lipinski definition) is 2. The molecule has 1 aromatic heterocycles. The number of hydrogen-bond acceptors (Lipinski definition) is 6. The molecule has 0 saturated heterocycles. The number of thioether (sulfide) groups is 1. The number of carbonyl (C=O) groups excluding carboxylic acids is 2. The monoisotopic (exact) mass is 493 g/mol. The number of methoxy groups -OCH3 is 1. The van der Waals surface area contributed by atoms with Crippen LogP contribution in [-0.4, -0.2) is 39.4 Å². The van der Waals surface area contributed by atoms with Crippen molar-refractivity contribution in [1.29, 1.82) is 0 Å². The lowest BCUT2D eigenvalue weighted by Crippen LogP contribution is -2.28. The maximum Gasteiger partial charge on any atom is 0.251 e. The Kier molecular flexibility index (Phi) is 9.08. The first-order valence-electron chi connectivity index (χ1n) is 11.3. The average Bonchev–Trinajstić information content (AvgIpc) is 3.25. The first kappa shape index (κ1) is 26.0. The summed E-state index contributed by atoms with van der Waals surface area (Å²) in [7, 11) is 1.58. The van der Waals surface area contributed by atoms with Gasteiger partial charge in [-0.05, 0) is 48.7 Å². The van der Waals surface area contributed by atoms with Crippen LogP contribution in [-0.2, 0) is 11.3 Å². The molecular formula is C26H31N5O3S. The Morgan fingerprint density at radius 3 is 2.49 bits per heavy atom. The van der Waals surface area contributed by atoms with Crippen molar-refractivity contribution in [2.75, 3.05) is 18.2 Å². The van der Waals surface area contributed by atoms with Crippen LogP contribution in [0.1, 0.15) is 54.5 Å². The zero-order valence-electron chi connectivity index (χ0n) is 20.4. The van der Waals surface area contributed by atoms with Gasteiger partial charge in [-0.25, -0.2) is 0 Å². The van der Waals surface area contributed by atoms with Crippen molar-refractivity contribution in [3.63, 3.8) is 0 Å². The van der Waals surface area contributed by atoms with E-state index in [2.05, 4.69) is 41.3 Å². The number of benzene rings is 2. The Hall–Kier alpha value is -3.59. The molecule has 3 rings (SSSR count). The molecule has 0 aliphatic rings. The van der Waals surface area contributed by atoms with Gasteiger partial charge in [-0.15, -0.1) is 16.8 Å². The van der Waals surface area contributed by atoms with Crippen molar-refractivity contribution in [2.24, 2.45) is 0 Å². The highest BCUT2D eigenvalue weighted by Crippen LogP contribution is 2.25. The Labute approximate surface area is 210 Å². The van der Waals surface area contributed by atoms with E-state index >= 15 is 0 Å². The molecule has 0 saturated carbocycles. The molecule has 2 aromatic carbocycles. The van der Waals surface area contributed by atoms with Crippen molar-refractivity contribution in [3.8, 4) is 5.75 Å². The van der Waals surface area contributed by atoms with Gasteiger partial charge in [0, 0.05) is 17.8 Å². The number of nitrogens with one attached hydrogen (secondary N) is 2. The lowest BCUT2D eigenvalue weighted by Gasteiger charge is -2.16. The maximum atomic E-state index is 12.7. The van der Waals surface area contributed by atoms with Gasteiger partial charge in [0.05, 0.1) is 18.9 Å². The van der Waals surface area contributed by atoms with E-state index in [1.54, 1.807) is 37.5 Å². The van der Waals surface area contributed by atoms with E-state index in [1.165, 1.54) is 11.8 Å². The maximum absolute atomic E-state index is 12.7. The summed E-state index contributed by atoms with van der Waals surface area (Å²) in [6, 6.07) is 14.3. The van der Waals surface area contributed by atoms with E-state index in [4.69, 9.17) is 4.74 Å². The van der Waals surface area contributed by atoms with Crippen LogP contribution in [0.5, 0.6) is 5.75 Å². The third kappa shape index (κ3) is 6.73. The van der Waals surface area contributed by atoms with E-state index in [1.807, 2.05) is 35.8 Å². The number of aromatic nitrogens is 3. The van der Waals surface area contributed by atoms with Gasteiger partial charge in [-0.3, -0.25) is 9.59 Å². The van der Waals surface area contributed by atoms with E-state index < -0.39 is 6.04 Å². The molecule has 2 N–H and O–H groups in total. The third-order valence-electron chi connectivity index (χ3n) is 5.33. The number of allylic oxidation sites excluding steroid dienone is 1. The summed E-state index contributed by atoms with van der Waals surface area (Å²) in [4.78, 5) is 25.3. The smallest absolute Gasteiger partial charge is 0.251 e. The quantitative estimate of drug-likeness (QED) is 0.294. The Morgan fingerprint density at radius 1 is 1.11 bits per heavy atom. The van der Waals surface area contributed by atoms with Crippen molar-refractivity contribution in [3.05, 3.63) is 78.1 Å². The Bertz CT molecular complexity index is 1170. The van der Waals surface area contributed by atoms with Crippen LogP contribution in [0.25, 0.3) is 0 Å². The van der Waals surface area contributed by atoms with Crippen LogP contribution in [0.2, 0.25) is 0 Å². The molecule has 0 bridgehead atoms. The van der Waals surface area contributed by atoms with E-state index in [9.17, 15) is 9.59 Å². The summed E-state index contributed by atoms with van der Waals surface area (Å²) < 4.78 is 6.99. The van der Waals surface area contributed by atoms with Crippen LogP contribution >= 0.6 is 11.8 Å². The first-order valence-corrected chi connectivity index (χ1v) is 12.3. The SMILES string of the molecule is C=CCn1c(SCC(=O)Nc2ccccc2C(C)C)nnc1[C@H](C)NC(=O)c1ccc(OC)cc1. The molecule has 8 nitrogen and oxygen atoms in total. The highest BCUT2D eigenvalue weighted by atomic mass is 32.2. The summed E-state index contributed by atoms with van der Waals surface area (Å²) in [6.45, 7) is 10.3. The summed E-state index contributed by atoms with van der Waals surface area (Å²) in [5.41, 5.74) is 2.42. The van der Waals surface area contributed by atoms with Crippen molar-refractivity contribution >= 4 is 29.3 Å². The number of anilines is 1. The molecule has 2 amide bonds. The molecule has 1 atom stereocenters. The predicted molar refractivity (Wildman–Crippen MR) is 139 cm³/mol. The average molecular weight is 494 g/mol. The number of para-hydroxylation sites is 1. The first-order chi connectivity index (χ1) is 16.8. The molecule has 3 aromatic rings. The standard InChI is InChI=1S/C26H31N5O3S/c1-6-15-31-24(18(4)27-25(33)19-11-13-20(34-5)14-12-19)29-30-26(31)35-16-23(32)28-22-10-8-7-9-21(22)17(2)3/h6-14,17-18H,1,15-16H2,2-5H3,(H,27,33)(H,28,32)/t18-/m0/s1. The number of amides is 2. The molecule has 0 aliphatic heterocycles. The molecule has 1 heterocycles. The highest BCUT2D eigenvalue weighted by molar-refractivity contribution is 7.99. The number of nitrogens with zero attached hydrogens (tertiary/aromatic N) is 3. The largest absolute Gasteiger partial charge is 0.497 e. The minimum Gasteiger partial charge on any atom is -0.497 e. The fraction of sp³-hybridized carbons (Fsp3) is 0.308. The van der Waals surface area contributed by atoms with Crippen molar-refractivity contribution in [1.82, 2.24) is 20.1 Å². The summed E-state index contributed by atoms with van der Waals surface area (Å²) in [5, 5.41) is 15.1. The predicted octanol–water partition coefficient (Wildman–Crippen LogP) is 4.82. The lowest BCUT2D eigenvalue weighted by molar-refractivity contribution is -0.113. The minimum atomic E-state index is -0.404. The van der Waals surface area contributed by atoms with Crippen molar-refractivity contribution < 1.29 is 14.3 Å². The van der Waals surface area contributed by atoms with Gasteiger partial charge < -0.3 is 19.9 Å². The topological polar surface area (TPSA) is 98.1 Å². The molecule has 184 valence electrons. The molecule has 35 heavy (non-hydrogen) atoms. The summed E-state index contributed by atoms with van der Waals surface area (Å²) in [6.07, 6.45) is 1.73. The number of carbonyl (C=O) groups is 2. The van der Waals surface area contributed by atoms with Crippen LogP contribution in [0.15, 0.2) is 66.3 Å². The zero-order valence-corrected chi connectivity index (χ0v) is 21.3. The number of rotatable bonds is 11. The van der Waals surface area contributed by atoms with Gasteiger partial charge in [-0.1, -0.05) is 49.9 Å². The van der Waals surface area contributed by atoms with Gasteiger partial charge in [0.25, 0.3) is 5.91 Å². The van der Waals surface area contributed by atoms with Crippen LogP contribution in [0.3, 0.4) is 0 Å². The van der Waals surface area contributed by atoms with Crippen LogP contribution in [0.4, 0.5) is 5.69 Å². The molecule has 0 fully saturated rings. The van der Waals surface area contributed by atoms with Gasteiger partial charge in [0.1, 0.15) is 5.75 Å². The van der Waals surface area contributed by atoms with Gasteiger partial charge in [0.15, 0.2) is 11.0 Å². The molecule has 0 spiro atoms. The normalized spacial score (nSPS) is 11.7. The fourth-order valence-electron chi connectivity index (χ4n) is 3.55. The summed E-state index contributed by atoms with van der Waals surface area (Å²) >= 11 is 1.29. The molecule has 0 radical (unpaired) electrons. The Balaban J connectivity index is 1.67. The number of ether oxygens (including phenoxy) is 1. The Morgan fingerprint density at radius 2 is 1.83 bits per heavy atom. The third-order valence-corrected chi connectivity index (χ3v) is 6.30. The zero-order chi connectivity index (χ0) is 25.4. The minimum absolute atomic E-state index is 0.126. The van der Waals surface area contributed by atoms with Crippen LogP contribution < -0.4 is 15.4 Å². The highest BCUT2D eigenvalue weighted by Gasteiger charge is 2.21. The lowest BCUT2D eigenvalue weighted by atomic mass is 10.0. The molecule has 0 aliphatic carbocycles.